The molecule has 1 N–H and O–H groups in total. The summed E-state index contributed by atoms with van der Waals surface area (Å²) in [4.78, 5) is 46.2. The highest BCUT2D eigenvalue weighted by molar-refractivity contribution is 6.34. The smallest absolute Gasteiger partial charge is 0.312 e. The van der Waals surface area contributed by atoms with Crippen LogP contribution >= 0.6 is 11.6 Å². The van der Waals surface area contributed by atoms with Crippen molar-refractivity contribution in [1.82, 2.24) is 4.90 Å². The Bertz CT molecular complexity index is 1400. The number of likely N-dealkylation sites (tertiary alicyclic amines) is 1. The summed E-state index contributed by atoms with van der Waals surface area (Å²) in [5.41, 5.74) is -0.958. The number of hydrogen-bond donors (Lipinski definition) is 1. The Morgan fingerprint density at radius 1 is 1.19 bits per heavy atom. The predicted molar refractivity (Wildman–Crippen MR) is 164 cm³/mol. The standard InChI is InChI=1S/C34H39ClN2O6/c1-5-7-18-42-32(41)28-27-30(39)37(24(21-38)19-23-13-9-8-10-14-23)29(34(27)20-22(3)33(28,4)43-34)31(40)36(17-6-2)26-16-12-11-15-25(26)35/h5-6,8-16,22,24,27-29,38H,1-2,7,17-21H2,3-4H3/t22?,24-,27+,28-,29?,33+,34?/m1/s1. The number of anilines is 1. The van der Waals surface area contributed by atoms with Crippen molar-refractivity contribution < 1.29 is 29.0 Å². The lowest BCUT2D eigenvalue weighted by atomic mass is 9.62. The SMILES string of the molecule is C=CCCOC(=O)[C@H]1[C@H]2C(=O)N([C@@H](CO)Cc3ccccc3)C(C(=O)N(CC=C)c3ccccc3Cl)C23CC(C)[C@]1(C)O3. The molecule has 2 aromatic rings. The third kappa shape index (κ3) is 5.09. The van der Waals surface area contributed by atoms with Crippen LogP contribution in [0.4, 0.5) is 5.69 Å². The number of halogens is 1. The highest BCUT2D eigenvalue weighted by Crippen LogP contribution is 2.65. The highest BCUT2D eigenvalue weighted by atomic mass is 35.5. The number of carbonyl (C=O) groups excluding carboxylic acids is 3. The molecule has 3 aliphatic rings. The molecule has 0 aliphatic carbocycles. The monoisotopic (exact) mass is 606 g/mol. The van der Waals surface area contributed by atoms with Crippen molar-refractivity contribution in [2.75, 3.05) is 24.7 Å². The van der Waals surface area contributed by atoms with Gasteiger partial charge in [-0.25, -0.2) is 0 Å². The van der Waals surface area contributed by atoms with Crippen LogP contribution in [0, 0.1) is 17.8 Å². The number of carbonyl (C=O) groups is 3. The molecule has 3 unspecified atom stereocenters. The molecule has 2 bridgehead atoms. The first-order valence-electron chi connectivity index (χ1n) is 14.8. The van der Waals surface area contributed by atoms with E-state index in [0.717, 1.165) is 5.56 Å². The second-order valence-electron chi connectivity index (χ2n) is 11.9. The van der Waals surface area contributed by atoms with E-state index < -0.39 is 52.9 Å². The zero-order chi connectivity index (χ0) is 30.9. The maximum absolute atomic E-state index is 14.9. The Morgan fingerprint density at radius 2 is 1.88 bits per heavy atom. The fourth-order valence-corrected chi connectivity index (χ4v) is 7.67. The molecule has 2 aromatic carbocycles. The van der Waals surface area contributed by atoms with E-state index in [1.165, 1.54) is 9.80 Å². The van der Waals surface area contributed by atoms with E-state index in [1.54, 1.807) is 36.4 Å². The number of aliphatic hydroxyl groups is 1. The van der Waals surface area contributed by atoms with Gasteiger partial charge in [0.2, 0.25) is 5.91 Å². The number of benzene rings is 2. The molecule has 0 aromatic heterocycles. The third-order valence-corrected chi connectivity index (χ3v) is 9.77. The maximum Gasteiger partial charge on any atom is 0.312 e. The van der Waals surface area contributed by atoms with Gasteiger partial charge >= 0.3 is 5.97 Å². The van der Waals surface area contributed by atoms with Gasteiger partial charge in [-0.2, -0.15) is 0 Å². The normalized spacial score (nSPS) is 29.7. The second-order valence-corrected chi connectivity index (χ2v) is 12.3. The van der Waals surface area contributed by atoms with Gasteiger partial charge in [-0.3, -0.25) is 14.4 Å². The van der Waals surface area contributed by atoms with Crippen LogP contribution in [0.5, 0.6) is 0 Å². The molecule has 3 fully saturated rings. The number of amides is 2. The molecule has 3 saturated heterocycles. The van der Waals surface area contributed by atoms with Crippen LogP contribution in [-0.4, -0.2) is 70.8 Å². The molecule has 2 amide bonds. The van der Waals surface area contributed by atoms with E-state index in [9.17, 15) is 19.5 Å². The highest BCUT2D eigenvalue weighted by Gasteiger charge is 2.80. The van der Waals surface area contributed by atoms with Crippen LogP contribution in [0.3, 0.4) is 0 Å². The lowest BCUT2D eigenvalue weighted by Crippen LogP contribution is -2.59. The van der Waals surface area contributed by atoms with Gasteiger partial charge in [0.05, 0.1) is 41.5 Å². The molecule has 228 valence electrons. The molecular weight excluding hydrogens is 568 g/mol. The van der Waals surface area contributed by atoms with Crippen LogP contribution in [-0.2, 0) is 30.3 Å². The Morgan fingerprint density at radius 3 is 2.53 bits per heavy atom. The van der Waals surface area contributed by atoms with Gasteiger partial charge in [0.1, 0.15) is 17.6 Å². The number of hydrogen-bond acceptors (Lipinski definition) is 6. The largest absolute Gasteiger partial charge is 0.465 e. The molecule has 8 nitrogen and oxygen atoms in total. The quantitative estimate of drug-likeness (QED) is 0.216. The summed E-state index contributed by atoms with van der Waals surface area (Å²) in [7, 11) is 0. The minimum absolute atomic E-state index is 0.129. The summed E-state index contributed by atoms with van der Waals surface area (Å²) < 4.78 is 12.5. The minimum Gasteiger partial charge on any atom is -0.465 e. The molecule has 0 radical (unpaired) electrons. The van der Waals surface area contributed by atoms with E-state index in [1.807, 2.05) is 44.2 Å². The Labute approximate surface area is 257 Å². The van der Waals surface area contributed by atoms with Gasteiger partial charge < -0.3 is 24.4 Å². The minimum atomic E-state index is -1.31. The molecule has 1 spiro atoms. The van der Waals surface area contributed by atoms with E-state index in [0.29, 0.717) is 30.0 Å². The van der Waals surface area contributed by atoms with Crippen molar-refractivity contribution in [3.05, 3.63) is 90.5 Å². The summed E-state index contributed by atoms with van der Waals surface area (Å²) in [5.74, 6) is -3.36. The first kappa shape index (κ1) is 31.0. The average molecular weight is 607 g/mol. The maximum atomic E-state index is 14.9. The molecule has 9 heteroatoms. The lowest BCUT2D eigenvalue weighted by Gasteiger charge is -2.39. The van der Waals surface area contributed by atoms with Crippen molar-refractivity contribution in [2.24, 2.45) is 17.8 Å². The van der Waals surface area contributed by atoms with Gasteiger partial charge in [0, 0.05) is 6.54 Å². The van der Waals surface area contributed by atoms with Gasteiger partial charge in [0.25, 0.3) is 5.91 Å². The van der Waals surface area contributed by atoms with Crippen LogP contribution in [0.1, 0.15) is 32.3 Å². The predicted octanol–water partition coefficient (Wildman–Crippen LogP) is 4.59. The van der Waals surface area contributed by atoms with Gasteiger partial charge in [0.15, 0.2) is 0 Å². The summed E-state index contributed by atoms with van der Waals surface area (Å²) >= 11 is 6.58. The molecule has 43 heavy (non-hydrogen) atoms. The van der Waals surface area contributed by atoms with Crippen molar-refractivity contribution in [2.45, 2.75) is 56.4 Å². The van der Waals surface area contributed by atoms with Crippen molar-refractivity contribution in [1.29, 1.82) is 0 Å². The van der Waals surface area contributed by atoms with Crippen molar-refractivity contribution in [3.8, 4) is 0 Å². The summed E-state index contributed by atoms with van der Waals surface area (Å²) in [6.45, 7) is 11.2. The van der Waals surface area contributed by atoms with Crippen LogP contribution in [0.15, 0.2) is 79.9 Å². The third-order valence-electron chi connectivity index (χ3n) is 9.45. The Kier molecular flexibility index (Phi) is 8.84. The second kappa shape index (κ2) is 12.3. The van der Waals surface area contributed by atoms with Crippen LogP contribution in [0.25, 0.3) is 0 Å². The topological polar surface area (TPSA) is 96.4 Å². The Balaban J connectivity index is 1.64. The van der Waals surface area contributed by atoms with Gasteiger partial charge in [-0.1, -0.05) is 73.1 Å². The fraction of sp³-hybridized carbons (Fsp3) is 0.441. The summed E-state index contributed by atoms with van der Waals surface area (Å²) in [6.07, 6.45) is 4.43. The molecule has 7 atom stereocenters. The van der Waals surface area contributed by atoms with Gasteiger partial charge in [-0.05, 0) is 49.8 Å². The number of fused-ring (bicyclic) bond motifs is 1. The summed E-state index contributed by atoms with van der Waals surface area (Å²) in [6, 6.07) is 14.6. The zero-order valence-electron chi connectivity index (χ0n) is 24.7. The van der Waals surface area contributed by atoms with Crippen molar-refractivity contribution >= 4 is 35.1 Å². The molecule has 3 aliphatic heterocycles. The molecule has 5 rings (SSSR count). The molecule has 0 saturated carbocycles. The zero-order valence-corrected chi connectivity index (χ0v) is 25.4. The number of para-hydroxylation sites is 1. The first-order chi connectivity index (χ1) is 20.6. The number of ether oxygens (including phenoxy) is 2. The van der Waals surface area contributed by atoms with E-state index in [4.69, 9.17) is 21.1 Å². The molecule has 3 heterocycles. The Hall–Kier alpha value is -3.46. The molecular formula is C34H39ClN2O6. The number of esters is 1. The van der Waals surface area contributed by atoms with E-state index in [-0.39, 0.29) is 25.7 Å². The van der Waals surface area contributed by atoms with Crippen LogP contribution in [0.2, 0.25) is 5.02 Å². The number of nitrogens with zero attached hydrogens (tertiary/aromatic N) is 2. The van der Waals surface area contributed by atoms with Crippen molar-refractivity contribution in [3.63, 3.8) is 0 Å². The van der Waals surface area contributed by atoms with Crippen LogP contribution < -0.4 is 4.90 Å². The summed E-state index contributed by atoms with van der Waals surface area (Å²) in [5, 5.41) is 11.1. The van der Waals surface area contributed by atoms with E-state index >= 15 is 0 Å². The van der Waals surface area contributed by atoms with Gasteiger partial charge in [-0.15, -0.1) is 13.2 Å². The average Bonchev–Trinajstić information content (AvgIpc) is 3.52. The number of rotatable bonds is 12. The lowest BCUT2D eigenvalue weighted by molar-refractivity contribution is -0.162. The number of aliphatic hydroxyl groups excluding tert-OH is 1. The first-order valence-corrected chi connectivity index (χ1v) is 15.1. The fourth-order valence-electron chi connectivity index (χ4n) is 7.43. The van der Waals surface area contributed by atoms with E-state index in [2.05, 4.69) is 13.2 Å².